The molecule has 27 heavy (non-hydrogen) atoms. The molecule has 0 aliphatic carbocycles. The van der Waals surface area contributed by atoms with Gasteiger partial charge in [-0.15, -0.1) is 0 Å². The van der Waals surface area contributed by atoms with Gasteiger partial charge in [-0.05, 0) is 30.5 Å². The van der Waals surface area contributed by atoms with Crippen LogP contribution in [0.5, 0.6) is 5.75 Å². The summed E-state index contributed by atoms with van der Waals surface area (Å²) in [5.74, 6) is 2.07. The number of nitrogens with two attached hydrogens (primary N) is 1. The lowest BCUT2D eigenvalue weighted by Gasteiger charge is -2.27. The van der Waals surface area contributed by atoms with Crippen LogP contribution in [-0.4, -0.2) is 37.1 Å². The van der Waals surface area contributed by atoms with E-state index in [-0.39, 0.29) is 6.04 Å². The summed E-state index contributed by atoms with van der Waals surface area (Å²) in [6, 6.07) is 19.0. The van der Waals surface area contributed by atoms with Crippen molar-refractivity contribution in [3.05, 3.63) is 65.7 Å². The largest absolute Gasteiger partial charge is 0.493 e. The summed E-state index contributed by atoms with van der Waals surface area (Å²) in [5.41, 5.74) is 8.72. The quantitative estimate of drug-likeness (QED) is 0.632. The number of fused-ring (bicyclic) bond motifs is 1. The van der Waals surface area contributed by atoms with Gasteiger partial charge in [0.25, 0.3) is 0 Å². The van der Waals surface area contributed by atoms with E-state index in [1.807, 2.05) is 18.2 Å². The average Bonchev–Trinajstić information content (AvgIpc) is 3.15. The van der Waals surface area contributed by atoms with Gasteiger partial charge in [-0.1, -0.05) is 48.5 Å². The van der Waals surface area contributed by atoms with Gasteiger partial charge in [-0.25, -0.2) is 0 Å². The number of nitrogens with one attached hydrogen (secondary N) is 1. The molecule has 2 aromatic carbocycles. The molecular formula is C22H28N4O. The van der Waals surface area contributed by atoms with E-state index in [2.05, 4.69) is 51.6 Å². The zero-order chi connectivity index (χ0) is 18.5. The molecule has 5 nitrogen and oxygen atoms in total. The second kappa shape index (κ2) is 8.44. The highest BCUT2D eigenvalue weighted by molar-refractivity contribution is 5.78. The molecule has 0 radical (unpaired) electrons. The van der Waals surface area contributed by atoms with Gasteiger partial charge in [0.2, 0.25) is 0 Å². The van der Waals surface area contributed by atoms with Crippen molar-refractivity contribution in [1.29, 1.82) is 0 Å². The van der Waals surface area contributed by atoms with E-state index in [4.69, 9.17) is 10.5 Å². The number of ether oxygens (including phenoxy) is 1. The van der Waals surface area contributed by atoms with Crippen molar-refractivity contribution < 1.29 is 4.74 Å². The second-order valence-corrected chi connectivity index (χ2v) is 7.47. The number of likely N-dealkylation sites (tertiary alicyclic amines) is 1. The Kier molecular flexibility index (Phi) is 5.58. The highest BCUT2D eigenvalue weighted by Gasteiger charge is 2.23. The number of para-hydroxylation sites is 1. The Balaban J connectivity index is 1.28. The van der Waals surface area contributed by atoms with E-state index < -0.39 is 0 Å². The molecule has 3 N–H and O–H groups in total. The fourth-order valence-electron chi connectivity index (χ4n) is 3.99. The van der Waals surface area contributed by atoms with Gasteiger partial charge < -0.3 is 15.8 Å². The molecule has 0 saturated carbocycles. The molecule has 2 atom stereocenters. The Morgan fingerprint density at radius 2 is 1.93 bits per heavy atom. The zero-order valence-electron chi connectivity index (χ0n) is 15.7. The van der Waals surface area contributed by atoms with E-state index in [1.54, 1.807) is 0 Å². The third-order valence-corrected chi connectivity index (χ3v) is 5.42. The maximum Gasteiger partial charge on any atom is 0.189 e. The molecule has 2 aliphatic rings. The highest BCUT2D eigenvalue weighted by atomic mass is 16.5. The molecule has 4 rings (SSSR count). The molecule has 2 aromatic rings. The standard InChI is InChI=1S/C22H28N4O/c23-22(25-20-11-13-27-21-9-5-4-8-19(20)21)24-14-18-10-12-26(16-18)15-17-6-2-1-3-7-17/h1-9,18,20H,10-16H2,(H3,23,24,25). The van der Waals surface area contributed by atoms with Crippen molar-refractivity contribution in [1.82, 2.24) is 10.2 Å². The molecule has 1 saturated heterocycles. The Bertz CT molecular complexity index is 777. The van der Waals surface area contributed by atoms with Crippen LogP contribution in [0.2, 0.25) is 0 Å². The number of guanidine groups is 1. The lowest BCUT2D eigenvalue weighted by molar-refractivity contribution is 0.262. The fraction of sp³-hybridized carbons (Fsp3) is 0.409. The molecule has 142 valence electrons. The summed E-state index contributed by atoms with van der Waals surface area (Å²) in [5, 5.41) is 3.38. The first kappa shape index (κ1) is 17.9. The Morgan fingerprint density at radius 3 is 2.81 bits per heavy atom. The molecule has 0 spiro atoms. The van der Waals surface area contributed by atoms with Crippen LogP contribution in [-0.2, 0) is 6.54 Å². The van der Waals surface area contributed by atoms with E-state index in [0.29, 0.717) is 18.5 Å². The normalized spacial score (nSPS) is 22.9. The summed E-state index contributed by atoms with van der Waals surface area (Å²) in [7, 11) is 0. The molecule has 0 bridgehead atoms. The van der Waals surface area contributed by atoms with Crippen molar-refractivity contribution in [3.8, 4) is 5.75 Å². The number of benzene rings is 2. The van der Waals surface area contributed by atoms with Crippen LogP contribution in [0.1, 0.15) is 30.0 Å². The summed E-state index contributed by atoms with van der Waals surface area (Å²) in [6.45, 7) is 4.74. The van der Waals surface area contributed by atoms with E-state index in [9.17, 15) is 0 Å². The SMILES string of the molecule is NC(=NCC1CCN(Cc2ccccc2)C1)NC1CCOc2ccccc21. The molecule has 5 heteroatoms. The average molecular weight is 364 g/mol. The predicted molar refractivity (Wildman–Crippen MR) is 109 cm³/mol. The summed E-state index contributed by atoms with van der Waals surface area (Å²) in [4.78, 5) is 7.14. The monoisotopic (exact) mass is 364 g/mol. The van der Waals surface area contributed by atoms with Gasteiger partial charge in [0, 0.05) is 31.6 Å². The minimum atomic E-state index is 0.178. The van der Waals surface area contributed by atoms with Crippen LogP contribution in [0.15, 0.2) is 59.6 Å². The third kappa shape index (κ3) is 4.61. The van der Waals surface area contributed by atoms with Gasteiger partial charge in [-0.3, -0.25) is 9.89 Å². The Labute approximate surface area is 161 Å². The van der Waals surface area contributed by atoms with Crippen LogP contribution < -0.4 is 15.8 Å². The van der Waals surface area contributed by atoms with Gasteiger partial charge in [0.15, 0.2) is 5.96 Å². The lowest BCUT2D eigenvalue weighted by Crippen LogP contribution is -2.37. The predicted octanol–water partition coefficient (Wildman–Crippen LogP) is 2.94. The number of nitrogens with zero attached hydrogens (tertiary/aromatic N) is 2. The van der Waals surface area contributed by atoms with E-state index >= 15 is 0 Å². The van der Waals surface area contributed by atoms with Gasteiger partial charge >= 0.3 is 0 Å². The Morgan fingerprint density at radius 1 is 1.11 bits per heavy atom. The highest BCUT2D eigenvalue weighted by Crippen LogP contribution is 2.31. The number of hydrogen-bond donors (Lipinski definition) is 2. The van der Waals surface area contributed by atoms with Gasteiger partial charge in [-0.2, -0.15) is 0 Å². The molecular weight excluding hydrogens is 336 g/mol. The van der Waals surface area contributed by atoms with Crippen LogP contribution in [0.25, 0.3) is 0 Å². The van der Waals surface area contributed by atoms with E-state index in [1.165, 1.54) is 12.0 Å². The minimum Gasteiger partial charge on any atom is -0.493 e. The van der Waals surface area contributed by atoms with Gasteiger partial charge in [0.05, 0.1) is 12.6 Å². The molecule has 0 aromatic heterocycles. The fourth-order valence-corrected chi connectivity index (χ4v) is 3.99. The smallest absolute Gasteiger partial charge is 0.189 e. The number of rotatable bonds is 5. The molecule has 1 fully saturated rings. The van der Waals surface area contributed by atoms with Crippen LogP contribution in [0.4, 0.5) is 0 Å². The summed E-state index contributed by atoms with van der Waals surface area (Å²) < 4.78 is 5.71. The lowest BCUT2D eigenvalue weighted by atomic mass is 10.0. The van der Waals surface area contributed by atoms with Crippen molar-refractivity contribution in [2.24, 2.45) is 16.6 Å². The van der Waals surface area contributed by atoms with Crippen molar-refractivity contribution >= 4 is 5.96 Å². The topological polar surface area (TPSA) is 62.9 Å². The van der Waals surface area contributed by atoms with Crippen molar-refractivity contribution in [3.63, 3.8) is 0 Å². The van der Waals surface area contributed by atoms with Crippen LogP contribution in [0.3, 0.4) is 0 Å². The van der Waals surface area contributed by atoms with Gasteiger partial charge in [0.1, 0.15) is 5.75 Å². The minimum absolute atomic E-state index is 0.178. The Hall–Kier alpha value is -2.53. The van der Waals surface area contributed by atoms with E-state index in [0.717, 1.165) is 43.9 Å². The number of aliphatic imine (C=N–C) groups is 1. The number of hydrogen-bond acceptors (Lipinski definition) is 3. The maximum absolute atomic E-state index is 6.18. The molecule has 0 amide bonds. The second-order valence-electron chi connectivity index (χ2n) is 7.47. The molecule has 2 unspecified atom stereocenters. The molecule has 2 heterocycles. The summed E-state index contributed by atoms with van der Waals surface area (Å²) in [6.07, 6.45) is 2.09. The zero-order valence-corrected chi connectivity index (χ0v) is 15.7. The summed E-state index contributed by atoms with van der Waals surface area (Å²) >= 11 is 0. The first-order valence-electron chi connectivity index (χ1n) is 9.82. The molecule has 2 aliphatic heterocycles. The van der Waals surface area contributed by atoms with Crippen molar-refractivity contribution in [2.75, 3.05) is 26.2 Å². The first-order valence-corrected chi connectivity index (χ1v) is 9.82. The van der Waals surface area contributed by atoms with Crippen LogP contribution >= 0.6 is 0 Å². The third-order valence-electron chi connectivity index (χ3n) is 5.42. The maximum atomic E-state index is 6.18. The van der Waals surface area contributed by atoms with Crippen molar-refractivity contribution in [2.45, 2.75) is 25.4 Å². The first-order chi connectivity index (χ1) is 13.3. The van der Waals surface area contributed by atoms with Crippen LogP contribution in [0, 0.1) is 5.92 Å².